The number of aromatic nitrogens is 2. The Morgan fingerprint density at radius 3 is 2.25 bits per heavy atom. The molecule has 2 aromatic heterocycles. The molecule has 194 valence electrons. The molecule has 2 unspecified atom stereocenters. The van der Waals surface area contributed by atoms with Crippen molar-refractivity contribution in [2.75, 3.05) is 7.05 Å². The number of carbonyl (C=O) groups is 1. The van der Waals surface area contributed by atoms with Gasteiger partial charge in [-0.25, -0.2) is 4.98 Å². The Labute approximate surface area is 215 Å². The summed E-state index contributed by atoms with van der Waals surface area (Å²) in [4.78, 5) is 18.2. The van der Waals surface area contributed by atoms with E-state index in [-0.39, 0.29) is 5.88 Å². The third-order valence-electron chi connectivity index (χ3n) is 5.50. The standard InChI is InChI=1S/C17H21ClN2.C10H10F3NO2/c1-12-4-6-14(7-5-12)8-17(13(2)19-3)15-9-16(18)11-20-10-15;1-9(2,6-15)16-8-4-3-7(5-14-8)10(11,12)13/h4-7,9-11,13,17,19H,8H2,1-3H3;3-6H,1-2H3. The van der Waals surface area contributed by atoms with Crippen molar-refractivity contribution in [3.63, 3.8) is 0 Å². The summed E-state index contributed by atoms with van der Waals surface area (Å²) in [5, 5.41) is 4.04. The molecule has 0 aliphatic carbocycles. The molecule has 0 aliphatic rings. The third kappa shape index (κ3) is 9.24. The quantitative estimate of drug-likeness (QED) is 0.346. The number of aldehydes is 1. The van der Waals surface area contributed by atoms with Crippen molar-refractivity contribution < 1.29 is 22.7 Å². The Morgan fingerprint density at radius 1 is 1.08 bits per heavy atom. The van der Waals surface area contributed by atoms with Crippen LogP contribution in [0.3, 0.4) is 0 Å². The molecule has 0 saturated carbocycles. The lowest BCUT2D eigenvalue weighted by Gasteiger charge is -2.24. The molecule has 0 saturated heterocycles. The first-order valence-corrected chi connectivity index (χ1v) is 11.7. The molecule has 0 radical (unpaired) electrons. The first kappa shape index (κ1) is 29.3. The van der Waals surface area contributed by atoms with Crippen molar-refractivity contribution in [3.8, 4) is 5.88 Å². The molecule has 9 heteroatoms. The number of benzene rings is 1. The zero-order valence-electron chi connectivity index (χ0n) is 20.9. The molecule has 3 aromatic rings. The summed E-state index contributed by atoms with van der Waals surface area (Å²) in [6.07, 6.45) is 1.36. The maximum absolute atomic E-state index is 12.2. The van der Waals surface area contributed by atoms with Gasteiger partial charge in [0.2, 0.25) is 5.88 Å². The van der Waals surface area contributed by atoms with Gasteiger partial charge in [0.1, 0.15) is 0 Å². The number of likely N-dealkylation sites (N-methyl/N-ethyl adjacent to an activating group) is 1. The van der Waals surface area contributed by atoms with E-state index in [2.05, 4.69) is 53.4 Å². The van der Waals surface area contributed by atoms with E-state index in [1.54, 1.807) is 6.20 Å². The number of halogens is 4. The van der Waals surface area contributed by atoms with E-state index in [4.69, 9.17) is 16.3 Å². The van der Waals surface area contributed by atoms with E-state index in [1.165, 1.54) is 30.5 Å². The van der Waals surface area contributed by atoms with Crippen molar-refractivity contribution in [2.24, 2.45) is 0 Å². The molecule has 2 atom stereocenters. The molecule has 2 heterocycles. The van der Waals surface area contributed by atoms with Gasteiger partial charge in [-0.05, 0) is 64.4 Å². The molecule has 1 aromatic carbocycles. The molecule has 36 heavy (non-hydrogen) atoms. The monoisotopic (exact) mass is 521 g/mol. The number of pyridine rings is 2. The largest absolute Gasteiger partial charge is 0.464 e. The Balaban J connectivity index is 0.000000261. The molecule has 3 rings (SSSR count). The van der Waals surface area contributed by atoms with E-state index < -0.39 is 17.3 Å². The van der Waals surface area contributed by atoms with Gasteiger partial charge in [-0.3, -0.25) is 9.78 Å². The summed E-state index contributed by atoms with van der Waals surface area (Å²) in [6, 6.07) is 13.0. The van der Waals surface area contributed by atoms with Crippen LogP contribution in [0.25, 0.3) is 0 Å². The second-order valence-electron chi connectivity index (χ2n) is 9.02. The first-order valence-electron chi connectivity index (χ1n) is 11.4. The summed E-state index contributed by atoms with van der Waals surface area (Å²) in [5.74, 6) is 0.332. The first-order chi connectivity index (χ1) is 16.8. The zero-order chi connectivity index (χ0) is 26.9. The van der Waals surface area contributed by atoms with Crippen LogP contribution in [0.2, 0.25) is 5.02 Å². The number of hydrogen-bond donors (Lipinski definition) is 1. The van der Waals surface area contributed by atoms with Crippen LogP contribution in [0, 0.1) is 6.92 Å². The summed E-state index contributed by atoms with van der Waals surface area (Å²) in [5.41, 5.74) is 1.84. The number of nitrogens with zero attached hydrogens (tertiary/aromatic N) is 2. The number of rotatable bonds is 8. The van der Waals surface area contributed by atoms with E-state index in [9.17, 15) is 18.0 Å². The molecule has 1 N–H and O–H groups in total. The molecule has 0 fully saturated rings. The normalized spacial score (nSPS) is 13.2. The van der Waals surface area contributed by atoms with Crippen LogP contribution in [0.5, 0.6) is 5.88 Å². The second kappa shape index (κ2) is 12.8. The van der Waals surface area contributed by atoms with Gasteiger partial charge in [-0.15, -0.1) is 0 Å². The molecule has 0 amide bonds. The lowest BCUT2D eigenvalue weighted by molar-refractivity contribution is -0.138. The number of nitrogens with one attached hydrogen (secondary N) is 1. The minimum Gasteiger partial charge on any atom is -0.464 e. The van der Waals surface area contributed by atoms with Crippen LogP contribution in [-0.4, -0.2) is 34.9 Å². The minimum atomic E-state index is -4.42. The fraction of sp³-hybridized carbons (Fsp3) is 0.370. The van der Waals surface area contributed by atoms with Crippen molar-refractivity contribution in [1.29, 1.82) is 0 Å². The van der Waals surface area contributed by atoms with Gasteiger partial charge < -0.3 is 10.1 Å². The van der Waals surface area contributed by atoms with Crippen molar-refractivity contribution >= 4 is 17.9 Å². The van der Waals surface area contributed by atoms with Crippen LogP contribution >= 0.6 is 11.6 Å². The van der Waals surface area contributed by atoms with Crippen LogP contribution in [0.15, 0.2) is 61.1 Å². The van der Waals surface area contributed by atoms with Gasteiger partial charge in [-0.2, -0.15) is 13.2 Å². The SMILES string of the molecule is CC(C)(C=O)Oc1ccc(C(F)(F)F)cn1.CNC(C)C(Cc1ccc(C)cc1)c1cncc(Cl)c1. The summed E-state index contributed by atoms with van der Waals surface area (Å²) in [6.45, 7) is 7.27. The molecular formula is C27H31ClF3N3O2. The number of hydrogen-bond acceptors (Lipinski definition) is 5. The van der Waals surface area contributed by atoms with E-state index in [0.29, 0.717) is 29.5 Å². The molecule has 5 nitrogen and oxygen atoms in total. The van der Waals surface area contributed by atoms with Crippen molar-refractivity contribution in [1.82, 2.24) is 15.3 Å². The van der Waals surface area contributed by atoms with Gasteiger partial charge in [-0.1, -0.05) is 41.4 Å². The molecular weight excluding hydrogens is 491 g/mol. The topological polar surface area (TPSA) is 64.1 Å². The van der Waals surface area contributed by atoms with Crippen LogP contribution < -0.4 is 10.1 Å². The summed E-state index contributed by atoms with van der Waals surface area (Å²) in [7, 11) is 1.99. The van der Waals surface area contributed by atoms with E-state index in [1.807, 2.05) is 19.3 Å². The molecule has 0 bridgehead atoms. The summed E-state index contributed by atoms with van der Waals surface area (Å²) >= 11 is 6.08. The van der Waals surface area contributed by atoms with Gasteiger partial charge in [0.05, 0.1) is 10.6 Å². The van der Waals surface area contributed by atoms with Gasteiger partial charge in [0, 0.05) is 36.6 Å². The lowest BCUT2D eigenvalue weighted by Crippen LogP contribution is -2.30. The van der Waals surface area contributed by atoms with Crippen molar-refractivity contribution in [2.45, 2.75) is 57.9 Å². The van der Waals surface area contributed by atoms with E-state index >= 15 is 0 Å². The Morgan fingerprint density at radius 2 is 1.75 bits per heavy atom. The van der Waals surface area contributed by atoms with Gasteiger partial charge in [0.15, 0.2) is 11.9 Å². The number of carbonyl (C=O) groups excluding carboxylic acids is 1. The fourth-order valence-electron chi connectivity index (χ4n) is 3.30. The number of alkyl halides is 3. The molecule has 0 spiro atoms. The lowest BCUT2D eigenvalue weighted by atomic mass is 9.87. The maximum Gasteiger partial charge on any atom is 0.417 e. The van der Waals surface area contributed by atoms with Crippen LogP contribution in [-0.2, 0) is 17.4 Å². The highest BCUT2D eigenvalue weighted by Crippen LogP contribution is 2.29. The Bertz CT molecular complexity index is 1100. The van der Waals surface area contributed by atoms with Crippen LogP contribution in [0.1, 0.15) is 48.9 Å². The highest BCUT2D eigenvalue weighted by molar-refractivity contribution is 6.30. The maximum atomic E-state index is 12.2. The highest BCUT2D eigenvalue weighted by Gasteiger charge is 2.31. The smallest absolute Gasteiger partial charge is 0.417 e. The highest BCUT2D eigenvalue weighted by atomic mass is 35.5. The number of ether oxygens (including phenoxy) is 1. The fourth-order valence-corrected chi connectivity index (χ4v) is 3.48. The molecule has 0 aliphatic heterocycles. The Kier molecular flexibility index (Phi) is 10.4. The van der Waals surface area contributed by atoms with Crippen LogP contribution in [0.4, 0.5) is 13.2 Å². The predicted octanol–water partition coefficient (Wildman–Crippen LogP) is 6.43. The summed E-state index contributed by atoms with van der Waals surface area (Å²) < 4.78 is 41.6. The van der Waals surface area contributed by atoms with Gasteiger partial charge >= 0.3 is 6.18 Å². The Hall–Kier alpha value is -2.97. The zero-order valence-corrected chi connectivity index (χ0v) is 21.7. The van der Waals surface area contributed by atoms with E-state index in [0.717, 1.165) is 18.6 Å². The average molecular weight is 522 g/mol. The number of aryl methyl sites for hydroxylation is 1. The second-order valence-corrected chi connectivity index (χ2v) is 9.45. The van der Waals surface area contributed by atoms with Crippen molar-refractivity contribution in [3.05, 3.63) is 88.3 Å². The average Bonchev–Trinajstić information content (AvgIpc) is 2.83. The predicted molar refractivity (Wildman–Crippen MR) is 135 cm³/mol. The minimum absolute atomic E-state index is 0.0231. The van der Waals surface area contributed by atoms with Gasteiger partial charge in [0.25, 0.3) is 0 Å². The third-order valence-corrected chi connectivity index (χ3v) is 5.71.